The van der Waals surface area contributed by atoms with Crippen LogP contribution in [-0.2, 0) is 19.1 Å². The molecule has 0 saturated carbocycles. The molecule has 0 aromatic carbocycles. The summed E-state index contributed by atoms with van der Waals surface area (Å²) in [4.78, 5) is 21.2. The highest BCUT2D eigenvalue weighted by atomic mass is 28.2. The third-order valence-electron chi connectivity index (χ3n) is 1.57. The van der Waals surface area contributed by atoms with Gasteiger partial charge in [0, 0.05) is 11.1 Å². The smallest absolute Gasteiger partial charge is 0.332 e. The summed E-state index contributed by atoms with van der Waals surface area (Å²) < 4.78 is 9.55. The second-order valence-corrected chi connectivity index (χ2v) is 6.65. The second-order valence-electron chi connectivity index (χ2n) is 3.83. The van der Waals surface area contributed by atoms with Gasteiger partial charge in [-0.3, -0.25) is 0 Å². The minimum atomic E-state index is -0.260. The number of hydrogen-bond donors (Lipinski definition) is 0. The Balaban J connectivity index is -0.000000257. The highest BCUT2D eigenvalue weighted by Crippen LogP contribution is 1.90. The van der Waals surface area contributed by atoms with Gasteiger partial charge in [0.25, 0.3) is 0 Å². The van der Waals surface area contributed by atoms with Crippen molar-refractivity contribution >= 4 is 31.0 Å². The maximum Gasteiger partial charge on any atom is 0.332 e. The molecule has 0 bridgehead atoms. The van der Waals surface area contributed by atoms with E-state index in [1.54, 1.807) is 13.8 Å². The Bertz CT molecular complexity index is 272. The van der Waals surface area contributed by atoms with Gasteiger partial charge in [0.2, 0.25) is 0 Å². The maximum absolute atomic E-state index is 10.6. The van der Waals surface area contributed by atoms with E-state index in [1.807, 2.05) is 13.8 Å². The van der Waals surface area contributed by atoms with Gasteiger partial charge in [-0.2, -0.15) is 0 Å². The highest BCUT2D eigenvalue weighted by Gasteiger charge is 2.00. The van der Waals surface area contributed by atoms with Gasteiger partial charge in [0.15, 0.2) is 0 Å². The van der Waals surface area contributed by atoms with Gasteiger partial charge in [-0.25, -0.2) is 9.59 Å². The molecule has 0 radical (unpaired) electrons. The van der Waals surface area contributed by atoms with Gasteiger partial charge in [-0.05, 0) is 13.8 Å². The zero-order valence-electron chi connectivity index (χ0n) is 13.9. The van der Waals surface area contributed by atoms with Gasteiger partial charge >= 0.3 is 11.9 Å². The molecule has 118 valence electrons. The van der Waals surface area contributed by atoms with E-state index in [1.165, 1.54) is 0 Å². The molecule has 0 atom stereocenters. The van der Waals surface area contributed by atoms with Crippen molar-refractivity contribution in [2.24, 2.45) is 0 Å². The molecule has 0 fully saturated rings. The van der Waals surface area contributed by atoms with E-state index in [0.717, 1.165) is 0 Å². The van der Waals surface area contributed by atoms with Crippen molar-refractivity contribution in [3.8, 4) is 0 Å². The summed E-state index contributed by atoms with van der Waals surface area (Å²) >= 11 is 0. The second kappa shape index (κ2) is 17.9. The van der Waals surface area contributed by atoms with Gasteiger partial charge in [-0.1, -0.05) is 40.1 Å². The summed E-state index contributed by atoms with van der Waals surface area (Å²) in [6.45, 7) is 18.4. The van der Waals surface area contributed by atoms with Crippen molar-refractivity contribution < 1.29 is 19.1 Å². The summed E-state index contributed by atoms with van der Waals surface area (Å²) in [5.74, 6) is -0.520. The van der Waals surface area contributed by atoms with E-state index in [4.69, 9.17) is 9.47 Å². The van der Waals surface area contributed by atoms with Crippen LogP contribution in [0.15, 0.2) is 24.3 Å². The third kappa shape index (κ3) is 19.2. The molecular formula is C14H30O4Si2. The predicted octanol–water partition coefficient (Wildman–Crippen LogP) is 1.59. The first-order valence-corrected chi connectivity index (χ1v) is 11.8. The van der Waals surface area contributed by atoms with E-state index in [0.29, 0.717) is 23.6 Å². The van der Waals surface area contributed by atoms with Gasteiger partial charge in [0.05, 0.1) is 31.5 Å². The zero-order chi connectivity index (χ0) is 16.6. The maximum atomic E-state index is 10.6. The number of ether oxygens (including phenoxy) is 2. The fraction of sp³-hybridized carbons (Fsp3) is 0.571. The van der Waals surface area contributed by atoms with Crippen molar-refractivity contribution in [1.29, 1.82) is 0 Å². The summed E-state index contributed by atoms with van der Waals surface area (Å²) in [6.07, 6.45) is 1.26. The van der Waals surface area contributed by atoms with Crippen molar-refractivity contribution in [1.82, 2.24) is 0 Å². The Morgan fingerprint density at radius 1 is 0.850 bits per heavy atom. The SMILES string of the molecule is C=C(C)C(=O)OC[SiH2]C.C=C(C)C(=O)OC[SiH2]C.CC. The Morgan fingerprint density at radius 2 is 1.10 bits per heavy atom. The molecule has 0 aliphatic rings. The van der Waals surface area contributed by atoms with Gasteiger partial charge in [0.1, 0.15) is 0 Å². The molecular weight excluding hydrogens is 288 g/mol. The fourth-order valence-electron chi connectivity index (χ4n) is 0.636. The predicted molar refractivity (Wildman–Crippen MR) is 91.7 cm³/mol. The van der Waals surface area contributed by atoms with Crippen LogP contribution in [0.5, 0.6) is 0 Å². The molecule has 0 amide bonds. The molecule has 20 heavy (non-hydrogen) atoms. The molecule has 4 nitrogen and oxygen atoms in total. The van der Waals surface area contributed by atoms with E-state index in [-0.39, 0.29) is 31.0 Å². The summed E-state index contributed by atoms with van der Waals surface area (Å²) in [6, 6.07) is 0. The Hall–Kier alpha value is -1.15. The first-order chi connectivity index (χ1) is 9.36. The van der Waals surface area contributed by atoms with Crippen LogP contribution >= 0.6 is 0 Å². The van der Waals surface area contributed by atoms with Crippen LogP contribution < -0.4 is 0 Å². The first-order valence-electron chi connectivity index (χ1n) is 7.02. The van der Waals surface area contributed by atoms with Crippen LogP contribution in [0.3, 0.4) is 0 Å². The molecule has 0 N–H and O–H groups in total. The van der Waals surface area contributed by atoms with E-state index in [2.05, 4.69) is 26.3 Å². The molecule has 0 heterocycles. The lowest BCUT2D eigenvalue weighted by atomic mass is 10.4. The quantitative estimate of drug-likeness (QED) is 0.424. The number of hydrogen-bond acceptors (Lipinski definition) is 4. The summed E-state index contributed by atoms with van der Waals surface area (Å²) in [5.41, 5.74) is 0.968. The van der Waals surface area contributed by atoms with Crippen LogP contribution in [0.4, 0.5) is 0 Å². The lowest BCUT2D eigenvalue weighted by Gasteiger charge is -1.99. The Labute approximate surface area is 128 Å². The van der Waals surface area contributed by atoms with Crippen LogP contribution in [0.2, 0.25) is 13.1 Å². The highest BCUT2D eigenvalue weighted by molar-refractivity contribution is 6.33. The Kier molecular flexibility index (Phi) is 21.3. The van der Waals surface area contributed by atoms with Crippen LogP contribution in [0, 0.1) is 0 Å². The van der Waals surface area contributed by atoms with Crippen LogP contribution in [0.25, 0.3) is 0 Å². The molecule has 0 aromatic rings. The molecule has 0 unspecified atom stereocenters. The van der Waals surface area contributed by atoms with E-state index in [9.17, 15) is 9.59 Å². The first kappa shape index (κ1) is 23.9. The number of carbonyl (C=O) groups is 2. The standard InChI is InChI=1S/2C6H12O2Si.C2H6/c2*1-5(2)6(7)8-4-9-3;1-2/h2*1,4,9H2,2-3H3;1-2H3. The summed E-state index contributed by atoms with van der Waals surface area (Å²) in [7, 11) is -0.290. The van der Waals surface area contributed by atoms with Crippen molar-refractivity contribution in [2.45, 2.75) is 40.8 Å². The average Bonchev–Trinajstić information content (AvgIpc) is 2.44. The van der Waals surface area contributed by atoms with Crippen molar-refractivity contribution in [3.05, 3.63) is 24.3 Å². The minimum absolute atomic E-state index is 0.145. The van der Waals surface area contributed by atoms with E-state index < -0.39 is 0 Å². The number of carbonyl (C=O) groups excluding carboxylic acids is 2. The largest absolute Gasteiger partial charge is 0.467 e. The number of esters is 2. The van der Waals surface area contributed by atoms with E-state index >= 15 is 0 Å². The van der Waals surface area contributed by atoms with Crippen LogP contribution in [-0.4, -0.2) is 43.4 Å². The molecule has 0 aliphatic heterocycles. The lowest BCUT2D eigenvalue weighted by molar-refractivity contribution is -0.137. The normalized spacial score (nSPS) is 9.30. The third-order valence-corrected chi connectivity index (χ3v) is 2.80. The Morgan fingerprint density at radius 3 is 1.25 bits per heavy atom. The topological polar surface area (TPSA) is 52.6 Å². The van der Waals surface area contributed by atoms with Crippen LogP contribution in [0.1, 0.15) is 27.7 Å². The molecule has 0 aromatic heterocycles. The average molecular weight is 319 g/mol. The molecule has 0 aliphatic carbocycles. The van der Waals surface area contributed by atoms with Gasteiger partial charge in [-0.15, -0.1) is 0 Å². The van der Waals surface area contributed by atoms with Crippen molar-refractivity contribution in [2.75, 3.05) is 12.5 Å². The fourth-order valence-corrected chi connectivity index (χ4v) is 1.41. The zero-order valence-corrected chi connectivity index (χ0v) is 16.7. The number of rotatable bonds is 6. The van der Waals surface area contributed by atoms with Gasteiger partial charge < -0.3 is 9.47 Å². The monoisotopic (exact) mass is 318 g/mol. The molecule has 0 spiro atoms. The molecule has 0 saturated heterocycles. The molecule has 0 rings (SSSR count). The van der Waals surface area contributed by atoms with Crippen molar-refractivity contribution in [3.63, 3.8) is 0 Å². The lowest BCUT2D eigenvalue weighted by Crippen LogP contribution is -2.08. The minimum Gasteiger partial charge on any atom is -0.467 e. The summed E-state index contributed by atoms with van der Waals surface area (Å²) in [5, 5.41) is 0. The molecule has 6 heteroatoms.